The Labute approximate surface area is 142 Å². The van der Waals surface area contributed by atoms with Crippen LogP contribution in [0.25, 0.3) is 0 Å². The number of aliphatic carboxylic acids is 1. The zero-order chi connectivity index (χ0) is 18.0. The Morgan fingerprint density at radius 2 is 2.00 bits per heavy atom. The topological polar surface area (TPSA) is 95.5 Å². The van der Waals surface area contributed by atoms with Crippen LogP contribution in [0, 0.1) is 23.7 Å². The van der Waals surface area contributed by atoms with E-state index in [9.17, 15) is 19.5 Å². The van der Waals surface area contributed by atoms with Gasteiger partial charge in [0.05, 0.1) is 11.5 Å². The molecular weight excluding hydrogens is 310 g/mol. The van der Waals surface area contributed by atoms with E-state index in [1.54, 1.807) is 6.92 Å². The summed E-state index contributed by atoms with van der Waals surface area (Å²) in [6.45, 7) is 7.99. The first-order valence-electron chi connectivity index (χ1n) is 8.63. The van der Waals surface area contributed by atoms with E-state index in [1.807, 2.05) is 0 Å². The second kappa shape index (κ2) is 7.36. The number of amides is 1. The molecule has 1 heterocycles. The molecule has 1 fully saturated rings. The predicted octanol–water partition coefficient (Wildman–Crippen LogP) is 1.15. The van der Waals surface area contributed by atoms with E-state index in [0.29, 0.717) is 17.5 Å². The summed E-state index contributed by atoms with van der Waals surface area (Å²) in [6, 6.07) is 0. The maximum Gasteiger partial charge on any atom is 0.336 e. The van der Waals surface area contributed by atoms with Gasteiger partial charge in [0, 0.05) is 18.1 Å². The fourth-order valence-electron chi connectivity index (χ4n) is 3.67. The number of carboxylic acid groups (broad SMARTS) is 1. The molecule has 0 bridgehead atoms. The molecular formula is C18H26NO5-. The van der Waals surface area contributed by atoms with Crippen molar-refractivity contribution in [3.63, 3.8) is 0 Å². The van der Waals surface area contributed by atoms with Gasteiger partial charge in [-0.15, -0.1) is 0 Å². The highest BCUT2D eigenvalue weighted by Crippen LogP contribution is 2.36. The molecule has 4 atom stereocenters. The van der Waals surface area contributed by atoms with Gasteiger partial charge in [0.15, 0.2) is 0 Å². The van der Waals surface area contributed by atoms with Gasteiger partial charge in [-0.05, 0) is 43.9 Å². The lowest BCUT2D eigenvalue weighted by atomic mass is 9.76. The largest absolute Gasteiger partial charge is 0.550 e. The highest BCUT2D eigenvalue weighted by atomic mass is 16.5. The van der Waals surface area contributed by atoms with Gasteiger partial charge in [0.1, 0.15) is 6.10 Å². The Bertz CT molecular complexity index is 566. The van der Waals surface area contributed by atoms with Gasteiger partial charge in [-0.3, -0.25) is 4.79 Å². The lowest BCUT2D eigenvalue weighted by Crippen LogP contribution is -2.36. The van der Waals surface area contributed by atoms with Crippen LogP contribution in [0.3, 0.4) is 0 Å². The zero-order valence-corrected chi connectivity index (χ0v) is 14.8. The van der Waals surface area contributed by atoms with Gasteiger partial charge in [0.2, 0.25) is 5.91 Å². The number of carbonyl (C=O) groups is 3. The number of rotatable bonds is 5. The van der Waals surface area contributed by atoms with E-state index in [2.05, 4.69) is 26.1 Å². The Kier molecular flexibility index (Phi) is 5.67. The van der Waals surface area contributed by atoms with Crippen molar-refractivity contribution >= 4 is 17.8 Å². The highest BCUT2D eigenvalue weighted by molar-refractivity contribution is 6.03. The summed E-state index contributed by atoms with van der Waals surface area (Å²) in [4.78, 5) is 35.3. The number of allylic oxidation sites excluding steroid dienone is 1. The smallest absolute Gasteiger partial charge is 0.336 e. The van der Waals surface area contributed by atoms with Crippen molar-refractivity contribution in [3.05, 3.63) is 11.3 Å². The number of esters is 1. The van der Waals surface area contributed by atoms with Crippen LogP contribution in [0.4, 0.5) is 0 Å². The van der Waals surface area contributed by atoms with Crippen molar-refractivity contribution in [2.75, 3.05) is 0 Å². The standard InChI is InChI=1S/C18H27NO5/c1-9(2)12-6-5-10(3)14(7-12)24-18(23)16-11(4)19-17(22)13(16)8-15(20)21/h9-10,12-14H,5-8H2,1-4H3,(H,19,22)(H,20,21)/p-1/t10-,12+,13+,14-/m0/s1. The van der Waals surface area contributed by atoms with Crippen LogP contribution in [0.15, 0.2) is 11.3 Å². The van der Waals surface area contributed by atoms with Gasteiger partial charge in [-0.1, -0.05) is 20.8 Å². The zero-order valence-electron chi connectivity index (χ0n) is 14.8. The lowest BCUT2D eigenvalue weighted by Gasteiger charge is -2.36. The summed E-state index contributed by atoms with van der Waals surface area (Å²) in [5.41, 5.74) is 0.503. The lowest BCUT2D eigenvalue weighted by molar-refractivity contribution is -0.306. The minimum Gasteiger partial charge on any atom is -0.550 e. The van der Waals surface area contributed by atoms with E-state index < -0.39 is 30.2 Å². The number of carboxylic acids is 1. The van der Waals surface area contributed by atoms with Crippen LogP contribution >= 0.6 is 0 Å². The number of hydrogen-bond donors (Lipinski definition) is 1. The molecule has 0 aromatic heterocycles. The SMILES string of the molecule is CC1=C(C(=O)O[C@H]2C[C@H](C(C)C)CC[C@@H]2C)[C@@H](CC(=O)[O-])C(=O)N1. The average molecular weight is 336 g/mol. The van der Waals surface area contributed by atoms with Crippen molar-refractivity contribution in [1.29, 1.82) is 0 Å². The van der Waals surface area contributed by atoms with Gasteiger partial charge in [-0.25, -0.2) is 4.79 Å². The normalized spacial score (nSPS) is 30.5. The number of carbonyl (C=O) groups excluding carboxylic acids is 3. The molecule has 2 aliphatic rings. The van der Waals surface area contributed by atoms with Gasteiger partial charge >= 0.3 is 5.97 Å². The molecule has 1 aliphatic carbocycles. The predicted molar refractivity (Wildman–Crippen MR) is 85.2 cm³/mol. The van der Waals surface area contributed by atoms with Crippen LogP contribution in [0.5, 0.6) is 0 Å². The molecule has 0 aromatic carbocycles. The Morgan fingerprint density at radius 3 is 2.58 bits per heavy atom. The molecule has 0 aromatic rings. The third-order valence-corrected chi connectivity index (χ3v) is 5.33. The van der Waals surface area contributed by atoms with Crippen LogP contribution in [-0.2, 0) is 19.1 Å². The first-order chi connectivity index (χ1) is 11.2. The minimum atomic E-state index is -1.36. The van der Waals surface area contributed by atoms with Crippen LogP contribution in [-0.4, -0.2) is 23.9 Å². The molecule has 1 N–H and O–H groups in total. The number of ether oxygens (including phenoxy) is 1. The summed E-state index contributed by atoms with van der Waals surface area (Å²) in [5, 5.41) is 13.4. The Balaban J connectivity index is 2.11. The molecule has 0 saturated heterocycles. The molecule has 0 unspecified atom stereocenters. The summed E-state index contributed by atoms with van der Waals surface area (Å²) in [5.74, 6) is -2.16. The monoisotopic (exact) mass is 336 g/mol. The molecule has 1 amide bonds. The third kappa shape index (κ3) is 3.97. The van der Waals surface area contributed by atoms with Crippen molar-refractivity contribution in [1.82, 2.24) is 5.32 Å². The summed E-state index contributed by atoms with van der Waals surface area (Å²) < 4.78 is 5.70. The highest BCUT2D eigenvalue weighted by Gasteiger charge is 2.39. The van der Waals surface area contributed by atoms with Gasteiger partial charge in [-0.2, -0.15) is 0 Å². The number of hydrogen-bond acceptors (Lipinski definition) is 5. The van der Waals surface area contributed by atoms with Crippen molar-refractivity contribution < 1.29 is 24.2 Å². The van der Waals surface area contributed by atoms with E-state index >= 15 is 0 Å². The molecule has 6 nitrogen and oxygen atoms in total. The Morgan fingerprint density at radius 1 is 1.33 bits per heavy atom. The minimum absolute atomic E-state index is 0.128. The fraction of sp³-hybridized carbons (Fsp3) is 0.722. The molecule has 1 saturated carbocycles. The molecule has 0 radical (unpaired) electrons. The maximum absolute atomic E-state index is 12.6. The van der Waals surface area contributed by atoms with E-state index in [-0.39, 0.29) is 17.6 Å². The Hall–Kier alpha value is -1.85. The fourth-order valence-corrected chi connectivity index (χ4v) is 3.67. The summed E-state index contributed by atoms with van der Waals surface area (Å²) >= 11 is 0. The first-order valence-corrected chi connectivity index (χ1v) is 8.63. The summed E-state index contributed by atoms with van der Waals surface area (Å²) in [7, 11) is 0. The van der Waals surface area contributed by atoms with Gasteiger partial charge < -0.3 is 20.0 Å². The van der Waals surface area contributed by atoms with Crippen LogP contribution in [0.1, 0.15) is 53.4 Å². The molecule has 1 aliphatic heterocycles. The van der Waals surface area contributed by atoms with Crippen LogP contribution < -0.4 is 10.4 Å². The first kappa shape index (κ1) is 18.5. The quantitative estimate of drug-likeness (QED) is 0.760. The van der Waals surface area contributed by atoms with Crippen LogP contribution in [0.2, 0.25) is 0 Å². The summed E-state index contributed by atoms with van der Waals surface area (Å²) in [6.07, 6.45) is 2.23. The second-order valence-electron chi connectivity index (χ2n) is 7.39. The van der Waals surface area contributed by atoms with Crippen molar-refractivity contribution in [2.45, 2.75) is 59.5 Å². The molecule has 134 valence electrons. The molecule has 2 rings (SSSR count). The van der Waals surface area contributed by atoms with E-state index in [4.69, 9.17) is 4.74 Å². The second-order valence-corrected chi connectivity index (χ2v) is 7.39. The van der Waals surface area contributed by atoms with Crippen molar-refractivity contribution in [3.8, 4) is 0 Å². The van der Waals surface area contributed by atoms with E-state index in [0.717, 1.165) is 19.3 Å². The maximum atomic E-state index is 12.6. The number of nitrogens with one attached hydrogen (secondary N) is 1. The van der Waals surface area contributed by atoms with E-state index in [1.165, 1.54) is 0 Å². The molecule has 0 spiro atoms. The van der Waals surface area contributed by atoms with Crippen molar-refractivity contribution in [2.24, 2.45) is 23.7 Å². The molecule has 24 heavy (non-hydrogen) atoms. The van der Waals surface area contributed by atoms with Gasteiger partial charge in [0.25, 0.3) is 0 Å². The average Bonchev–Trinajstić information content (AvgIpc) is 2.74. The third-order valence-electron chi connectivity index (χ3n) is 5.33. The molecule has 6 heteroatoms.